The van der Waals surface area contributed by atoms with E-state index in [1.165, 1.54) is 0 Å². The maximum absolute atomic E-state index is 5.63. The highest BCUT2D eigenvalue weighted by molar-refractivity contribution is 8.02. The summed E-state index contributed by atoms with van der Waals surface area (Å²) < 4.78 is 33.7. The smallest absolute Gasteiger partial charge is 0.376 e. The lowest BCUT2D eigenvalue weighted by atomic mass is 10.5. The van der Waals surface area contributed by atoms with Crippen LogP contribution >= 0.6 is 11.8 Å². The predicted octanol–water partition coefficient (Wildman–Crippen LogP) is 2.05. The van der Waals surface area contributed by atoms with Crippen LogP contribution < -0.4 is 5.32 Å². The van der Waals surface area contributed by atoms with E-state index < -0.39 is 17.6 Å². The van der Waals surface area contributed by atoms with Gasteiger partial charge >= 0.3 is 17.6 Å². The molecule has 0 aliphatic heterocycles. The van der Waals surface area contributed by atoms with Gasteiger partial charge in [0.05, 0.1) is 15.9 Å². The quantitative estimate of drug-likeness (QED) is 0.350. The van der Waals surface area contributed by atoms with E-state index in [0.29, 0.717) is 0 Å². The zero-order chi connectivity index (χ0) is 18.8. The molecular weight excluding hydrogens is 366 g/mol. The van der Waals surface area contributed by atoms with Crippen molar-refractivity contribution in [1.82, 2.24) is 5.32 Å². The molecule has 146 valence electrons. The van der Waals surface area contributed by atoms with Crippen LogP contribution in [-0.4, -0.2) is 76.2 Å². The summed E-state index contributed by atoms with van der Waals surface area (Å²) >= 11 is 1.75. The number of nitrogens with one attached hydrogen (secondary N) is 1. The lowest BCUT2D eigenvalue weighted by Gasteiger charge is -2.36. The first-order valence-corrected chi connectivity index (χ1v) is 12.7. The van der Waals surface area contributed by atoms with E-state index >= 15 is 0 Å². The summed E-state index contributed by atoms with van der Waals surface area (Å²) in [5, 5.41) is 3.70. The Labute approximate surface area is 153 Å². The molecule has 0 saturated heterocycles. The van der Waals surface area contributed by atoms with E-state index in [9.17, 15) is 0 Å². The molecule has 0 fully saturated rings. The summed E-state index contributed by atoms with van der Waals surface area (Å²) in [4.78, 5) is 0.126. The zero-order valence-corrected chi connectivity index (χ0v) is 19.3. The summed E-state index contributed by atoms with van der Waals surface area (Å²) in [6, 6.07) is 0. The second-order valence-corrected chi connectivity index (χ2v) is 13.5. The predicted molar refractivity (Wildman–Crippen MR) is 102 cm³/mol. The van der Waals surface area contributed by atoms with Crippen molar-refractivity contribution in [3.05, 3.63) is 0 Å². The maximum atomic E-state index is 5.63. The number of hydrogen-bond donors (Lipinski definition) is 1. The average Bonchev–Trinajstić information content (AvgIpc) is 2.63. The van der Waals surface area contributed by atoms with Crippen LogP contribution in [0, 0.1) is 0 Å². The van der Waals surface area contributed by atoms with Gasteiger partial charge in [-0.05, 0) is 19.8 Å². The summed E-state index contributed by atoms with van der Waals surface area (Å²) in [5.74, 6) is 0. The van der Waals surface area contributed by atoms with Crippen molar-refractivity contribution in [3.8, 4) is 0 Å². The minimum absolute atomic E-state index is 0.00112. The van der Waals surface area contributed by atoms with E-state index in [2.05, 4.69) is 26.1 Å². The molecule has 0 bridgehead atoms. The topological polar surface area (TPSA) is 67.4 Å². The molecule has 0 aromatic heterocycles. The Morgan fingerprint density at radius 1 is 0.750 bits per heavy atom. The van der Waals surface area contributed by atoms with Crippen LogP contribution in [0.5, 0.6) is 0 Å². The van der Waals surface area contributed by atoms with Gasteiger partial charge in [-0.3, -0.25) is 5.32 Å². The molecule has 3 atom stereocenters. The van der Waals surface area contributed by atoms with Crippen molar-refractivity contribution in [2.24, 2.45) is 0 Å². The number of rotatable bonds is 14. The van der Waals surface area contributed by atoms with Crippen molar-refractivity contribution in [2.75, 3.05) is 42.7 Å². The van der Waals surface area contributed by atoms with Gasteiger partial charge in [0.2, 0.25) is 0 Å². The summed E-state index contributed by atoms with van der Waals surface area (Å²) in [6.07, 6.45) is 1.72. The number of thioether (sulfide) groups is 1. The van der Waals surface area contributed by atoms with Gasteiger partial charge in [0.15, 0.2) is 0 Å². The van der Waals surface area contributed by atoms with Gasteiger partial charge < -0.3 is 26.6 Å². The van der Waals surface area contributed by atoms with Crippen LogP contribution in [0.2, 0.25) is 0 Å². The van der Waals surface area contributed by atoms with Gasteiger partial charge in [-0.15, -0.1) is 11.8 Å². The highest BCUT2D eigenvalue weighted by atomic mass is 32.2. The lowest BCUT2D eigenvalue weighted by Crippen LogP contribution is -2.62. The minimum Gasteiger partial charge on any atom is -0.376 e. The molecule has 0 spiro atoms. The molecular formula is C14H35NO6SSi2. The molecule has 3 unspecified atom stereocenters. The Morgan fingerprint density at radius 3 is 1.46 bits per heavy atom. The highest BCUT2D eigenvalue weighted by Gasteiger charge is 2.49. The molecule has 0 aliphatic rings. The molecule has 0 amide bonds. The van der Waals surface area contributed by atoms with Gasteiger partial charge in [-0.25, -0.2) is 0 Å². The Morgan fingerprint density at radius 2 is 1.17 bits per heavy atom. The SMILES string of the molecule is CCC(NC(C)SC(CC)[Si](OC)(OC)OC)[Si](OC)(OC)OC. The average molecular weight is 402 g/mol. The Balaban J connectivity index is 5.10. The molecule has 7 nitrogen and oxygen atoms in total. The van der Waals surface area contributed by atoms with E-state index in [4.69, 9.17) is 26.6 Å². The van der Waals surface area contributed by atoms with E-state index in [0.717, 1.165) is 12.8 Å². The first kappa shape index (κ1) is 24.5. The van der Waals surface area contributed by atoms with Gasteiger partial charge in [-0.1, -0.05) is 13.8 Å². The third-order valence-corrected chi connectivity index (χ3v) is 12.6. The molecule has 0 rings (SSSR count). The monoisotopic (exact) mass is 401 g/mol. The fourth-order valence-electron chi connectivity index (χ4n) is 2.79. The summed E-state index contributed by atoms with van der Waals surface area (Å²) in [7, 11) is 4.39. The normalized spacial score (nSPS) is 16.9. The lowest BCUT2D eigenvalue weighted by molar-refractivity contribution is 0.106. The maximum Gasteiger partial charge on any atom is 0.518 e. The highest BCUT2D eigenvalue weighted by Crippen LogP contribution is 2.30. The van der Waals surface area contributed by atoms with E-state index in [1.807, 2.05) is 0 Å². The van der Waals surface area contributed by atoms with Gasteiger partial charge in [0, 0.05) is 42.7 Å². The Hall–Kier alpha value is 0.504. The molecule has 10 heteroatoms. The second kappa shape index (κ2) is 12.0. The Bertz CT molecular complexity index is 288. The molecule has 0 radical (unpaired) electrons. The molecule has 0 saturated carbocycles. The first-order chi connectivity index (χ1) is 11.4. The van der Waals surface area contributed by atoms with Crippen LogP contribution in [0.1, 0.15) is 33.6 Å². The molecule has 1 N–H and O–H groups in total. The molecule has 0 aromatic rings. The van der Waals surface area contributed by atoms with Crippen LogP contribution in [-0.2, 0) is 26.6 Å². The first-order valence-electron chi connectivity index (χ1n) is 8.11. The number of hydrogen-bond acceptors (Lipinski definition) is 8. The fraction of sp³-hybridized carbons (Fsp3) is 1.00. The van der Waals surface area contributed by atoms with Crippen molar-refractivity contribution in [3.63, 3.8) is 0 Å². The third kappa shape index (κ3) is 5.76. The van der Waals surface area contributed by atoms with Crippen molar-refractivity contribution in [2.45, 2.75) is 49.5 Å². The second-order valence-electron chi connectivity index (χ2n) is 5.23. The zero-order valence-electron chi connectivity index (χ0n) is 16.5. The largest absolute Gasteiger partial charge is 0.518 e. The summed E-state index contributed by atoms with van der Waals surface area (Å²) in [5.41, 5.74) is 0.00112. The standard InChI is InChI=1S/C14H35NO6SSi2/c1-10-13(23(16-4,17-5)18-6)15-12(3)22-14(11-2)24(19-7,20-8)21-9/h12-15H,10-11H2,1-9H3. The van der Waals surface area contributed by atoms with Crippen molar-refractivity contribution in [1.29, 1.82) is 0 Å². The fourth-order valence-corrected chi connectivity index (χ4v) is 10.1. The van der Waals surface area contributed by atoms with Gasteiger partial charge in [0.25, 0.3) is 0 Å². The third-order valence-electron chi connectivity index (χ3n) is 4.11. The van der Waals surface area contributed by atoms with Gasteiger partial charge in [-0.2, -0.15) is 0 Å². The molecule has 24 heavy (non-hydrogen) atoms. The van der Waals surface area contributed by atoms with Crippen molar-refractivity contribution < 1.29 is 26.6 Å². The van der Waals surface area contributed by atoms with Crippen LogP contribution in [0.15, 0.2) is 0 Å². The minimum atomic E-state index is -2.75. The molecule has 0 aromatic carbocycles. The van der Waals surface area contributed by atoms with Crippen molar-refractivity contribution >= 4 is 29.4 Å². The van der Waals surface area contributed by atoms with Crippen LogP contribution in [0.4, 0.5) is 0 Å². The van der Waals surface area contributed by atoms with E-state index in [-0.39, 0.29) is 15.9 Å². The Kier molecular flexibility index (Phi) is 12.2. The van der Waals surface area contributed by atoms with Gasteiger partial charge in [0.1, 0.15) is 0 Å². The summed E-state index contributed by atoms with van der Waals surface area (Å²) in [6.45, 7) is 6.30. The van der Waals surface area contributed by atoms with E-state index in [1.54, 1.807) is 54.4 Å². The molecule has 0 heterocycles. The molecule has 0 aliphatic carbocycles. The van der Waals surface area contributed by atoms with Crippen LogP contribution in [0.25, 0.3) is 0 Å². The van der Waals surface area contributed by atoms with Crippen LogP contribution in [0.3, 0.4) is 0 Å².